The summed E-state index contributed by atoms with van der Waals surface area (Å²) in [5, 5.41) is 3.35. The Morgan fingerprint density at radius 2 is 1.70 bits per heavy atom. The number of halogens is 2. The van der Waals surface area contributed by atoms with E-state index in [2.05, 4.69) is 5.32 Å². The Hall–Kier alpha value is -2.74. The number of carbonyl (C=O) groups excluding carboxylic acids is 1. The molecule has 3 aromatic carbocycles. The van der Waals surface area contributed by atoms with Gasteiger partial charge in [0, 0.05) is 30.6 Å². The second-order valence-electron chi connectivity index (χ2n) is 8.19. The Balaban J connectivity index is 1.60. The molecule has 1 heterocycles. The van der Waals surface area contributed by atoms with Crippen LogP contribution in [-0.2, 0) is 21.4 Å². The van der Waals surface area contributed by atoms with E-state index in [1.807, 2.05) is 31.2 Å². The van der Waals surface area contributed by atoms with Gasteiger partial charge in [-0.05, 0) is 60.0 Å². The molecule has 0 bridgehead atoms. The van der Waals surface area contributed by atoms with Crippen LogP contribution in [0.2, 0.25) is 5.02 Å². The van der Waals surface area contributed by atoms with Crippen LogP contribution in [0.4, 0.5) is 4.39 Å². The summed E-state index contributed by atoms with van der Waals surface area (Å²) in [6.07, 6.45) is 0. The number of hydrogen-bond acceptors (Lipinski definition) is 3. The Morgan fingerprint density at radius 1 is 1.03 bits per heavy atom. The van der Waals surface area contributed by atoms with Crippen LogP contribution in [0.5, 0.6) is 0 Å². The lowest BCUT2D eigenvalue weighted by Crippen LogP contribution is -2.35. The minimum Gasteiger partial charge on any atom is -0.352 e. The number of amides is 1. The van der Waals surface area contributed by atoms with Crippen LogP contribution in [0, 0.1) is 18.7 Å². The van der Waals surface area contributed by atoms with E-state index in [0.717, 1.165) is 16.7 Å². The second-order valence-corrected chi connectivity index (χ2v) is 10.6. The quantitative estimate of drug-likeness (QED) is 0.557. The van der Waals surface area contributed by atoms with Crippen molar-refractivity contribution in [1.29, 1.82) is 0 Å². The third kappa shape index (κ3) is 5.11. The molecular weight excluding hydrogens is 463 g/mol. The zero-order valence-corrected chi connectivity index (χ0v) is 19.6. The molecule has 2 unspecified atom stereocenters. The SMILES string of the molecule is Cc1ccccc1C1CN(S(=O)(=O)c2ccc(Cl)cc2)CC1C(=O)NCc1ccc(F)cc1. The molecule has 0 aromatic heterocycles. The molecule has 1 amide bonds. The van der Waals surface area contributed by atoms with Gasteiger partial charge in [0.2, 0.25) is 15.9 Å². The van der Waals surface area contributed by atoms with Crippen LogP contribution >= 0.6 is 11.6 Å². The monoisotopic (exact) mass is 486 g/mol. The van der Waals surface area contributed by atoms with Crippen molar-refractivity contribution in [3.63, 3.8) is 0 Å². The van der Waals surface area contributed by atoms with Crippen LogP contribution in [0.15, 0.2) is 77.7 Å². The number of sulfonamides is 1. The zero-order valence-electron chi connectivity index (χ0n) is 18.0. The number of rotatable bonds is 6. The fourth-order valence-corrected chi connectivity index (χ4v) is 5.84. The largest absolute Gasteiger partial charge is 0.352 e. The van der Waals surface area contributed by atoms with Crippen molar-refractivity contribution in [2.75, 3.05) is 13.1 Å². The van der Waals surface area contributed by atoms with Crippen molar-refractivity contribution in [3.8, 4) is 0 Å². The Labute approximate surface area is 198 Å². The Bertz CT molecular complexity index is 1250. The van der Waals surface area contributed by atoms with Crippen LogP contribution in [0.25, 0.3) is 0 Å². The summed E-state index contributed by atoms with van der Waals surface area (Å²) in [6.45, 7) is 2.46. The number of aryl methyl sites for hydroxylation is 1. The van der Waals surface area contributed by atoms with E-state index < -0.39 is 15.9 Å². The predicted octanol–water partition coefficient (Wildman–Crippen LogP) is 4.51. The second kappa shape index (κ2) is 9.63. The summed E-state index contributed by atoms with van der Waals surface area (Å²) in [5.74, 6) is -1.43. The van der Waals surface area contributed by atoms with Gasteiger partial charge in [-0.15, -0.1) is 0 Å². The van der Waals surface area contributed by atoms with Crippen LogP contribution in [0.1, 0.15) is 22.6 Å². The van der Waals surface area contributed by atoms with Crippen LogP contribution < -0.4 is 5.32 Å². The highest BCUT2D eigenvalue weighted by molar-refractivity contribution is 7.89. The van der Waals surface area contributed by atoms with Crippen LogP contribution in [0.3, 0.4) is 0 Å². The molecule has 8 heteroatoms. The smallest absolute Gasteiger partial charge is 0.243 e. The Kier molecular flexibility index (Phi) is 6.83. The number of carbonyl (C=O) groups is 1. The standard InChI is InChI=1S/C25H24ClFN2O3S/c1-17-4-2-3-5-22(17)23-15-29(33(31,32)21-12-8-19(26)9-13-21)16-24(23)25(30)28-14-18-6-10-20(27)11-7-18/h2-13,23-24H,14-16H2,1H3,(H,28,30). The fraction of sp³-hybridized carbons (Fsp3) is 0.240. The first-order valence-electron chi connectivity index (χ1n) is 10.6. The predicted molar refractivity (Wildman–Crippen MR) is 126 cm³/mol. The van der Waals surface area contributed by atoms with Gasteiger partial charge in [0.05, 0.1) is 10.8 Å². The van der Waals surface area contributed by atoms with Crippen LogP contribution in [-0.4, -0.2) is 31.7 Å². The molecule has 1 saturated heterocycles. The summed E-state index contributed by atoms with van der Waals surface area (Å²) >= 11 is 5.92. The summed E-state index contributed by atoms with van der Waals surface area (Å²) in [7, 11) is -3.79. The molecule has 0 radical (unpaired) electrons. The Morgan fingerprint density at radius 3 is 2.36 bits per heavy atom. The summed E-state index contributed by atoms with van der Waals surface area (Å²) in [4.78, 5) is 13.4. The lowest BCUT2D eigenvalue weighted by atomic mass is 9.86. The lowest BCUT2D eigenvalue weighted by molar-refractivity contribution is -0.125. The maximum Gasteiger partial charge on any atom is 0.243 e. The average molecular weight is 487 g/mol. The van der Waals surface area contributed by atoms with Crippen molar-refractivity contribution in [2.45, 2.75) is 24.3 Å². The van der Waals surface area contributed by atoms with E-state index >= 15 is 0 Å². The molecule has 0 aliphatic carbocycles. The van der Waals surface area contributed by atoms with Crippen molar-refractivity contribution >= 4 is 27.5 Å². The first kappa shape index (κ1) is 23.4. The van der Waals surface area contributed by atoms with Crippen molar-refractivity contribution in [3.05, 3.63) is 100 Å². The molecule has 1 fully saturated rings. The van der Waals surface area contributed by atoms with Gasteiger partial charge in [-0.2, -0.15) is 4.31 Å². The highest BCUT2D eigenvalue weighted by Crippen LogP contribution is 2.37. The highest BCUT2D eigenvalue weighted by atomic mass is 35.5. The number of nitrogens with zero attached hydrogens (tertiary/aromatic N) is 1. The van der Waals surface area contributed by atoms with Gasteiger partial charge >= 0.3 is 0 Å². The normalized spacial score (nSPS) is 18.9. The number of hydrogen-bond donors (Lipinski definition) is 1. The highest BCUT2D eigenvalue weighted by Gasteiger charge is 2.43. The third-order valence-electron chi connectivity index (χ3n) is 6.04. The topological polar surface area (TPSA) is 66.5 Å². The minimum atomic E-state index is -3.79. The molecule has 3 aromatic rings. The fourth-order valence-electron chi connectivity index (χ4n) is 4.23. The van der Waals surface area contributed by atoms with E-state index in [0.29, 0.717) is 5.02 Å². The zero-order chi connectivity index (χ0) is 23.6. The van der Waals surface area contributed by atoms with Gasteiger partial charge in [-0.1, -0.05) is 48.0 Å². The molecule has 1 aliphatic heterocycles. The van der Waals surface area contributed by atoms with Crippen molar-refractivity contribution in [1.82, 2.24) is 9.62 Å². The van der Waals surface area contributed by atoms with Gasteiger partial charge in [-0.25, -0.2) is 12.8 Å². The molecule has 172 valence electrons. The first-order valence-corrected chi connectivity index (χ1v) is 12.4. The molecule has 33 heavy (non-hydrogen) atoms. The lowest BCUT2D eigenvalue weighted by Gasteiger charge is -2.20. The van der Waals surface area contributed by atoms with Crippen molar-refractivity contribution in [2.24, 2.45) is 5.92 Å². The maximum atomic E-state index is 13.3. The van der Waals surface area contributed by atoms with E-state index in [9.17, 15) is 17.6 Å². The van der Waals surface area contributed by atoms with E-state index in [4.69, 9.17) is 11.6 Å². The molecule has 0 saturated carbocycles. The van der Waals surface area contributed by atoms with Gasteiger partial charge in [0.15, 0.2) is 0 Å². The summed E-state index contributed by atoms with van der Waals surface area (Å²) < 4.78 is 41.1. The molecule has 5 nitrogen and oxygen atoms in total. The average Bonchev–Trinajstić information content (AvgIpc) is 3.25. The van der Waals surface area contributed by atoms with Gasteiger partial charge in [0.25, 0.3) is 0 Å². The number of nitrogens with one attached hydrogen (secondary N) is 1. The molecule has 4 rings (SSSR count). The first-order chi connectivity index (χ1) is 15.8. The molecule has 0 spiro atoms. The maximum absolute atomic E-state index is 13.3. The van der Waals surface area contributed by atoms with Gasteiger partial charge in [-0.3, -0.25) is 4.79 Å². The molecule has 2 atom stereocenters. The molecular formula is C25H24ClFN2O3S. The third-order valence-corrected chi connectivity index (χ3v) is 8.14. The molecule has 1 N–H and O–H groups in total. The van der Waals surface area contributed by atoms with Crippen molar-refractivity contribution < 1.29 is 17.6 Å². The molecule has 1 aliphatic rings. The summed E-state index contributed by atoms with van der Waals surface area (Å²) in [5.41, 5.74) is 2.72. The minimum absolute atomic E-state index is 0.0687. The van der Waals surface area contributed by atoms with Gasteiger partial charge < -0.3 is 5.32 Å². The summed E-state index contributed by atoms with van der Waals surface area (Å²) in [6, 6.07) is 19.6. The van der Waals surface area contributed by atoms with Gasteiger partial charge in [0.1, 0.15) is 5.82 Å². The van der Waals surface area contributed by atoms with E-state index in [1.165, 1.54) is 40.7 Å². The van der Waals surface area contributed by atoms with E-state index in [-0.39, 0.29) is 42.2 Å². The number of benzene rings is 3. The van der Waals surface area contributed by atoms with E-state index in [1.54, 1.807) is 12.1 Å².